The van der Waals surface area contributed by atoms with Crippen molar-refractivity contribution >= 4 is 44.3 Å². The highest BCUT2D eigenvalue weighted by Gasteiger charge is 2.19. The van der Waals surface area contributed by atoms with Gasteiger partial charge in [-0.15, -0.1) is 0 Å². The topological polar surface area (TPSA) is 29.0 Å². The third-order valence-corrected chi connectivity index (χ3v) is 4.85. The van der Waals surface area contributed by atoms with E-state index in [9.17, 15) is 4.39 Å². The predicted octanol–water partition coefficient (Wildman–Crippen LogP) is 4.73. The van der Waals surface area contributed by atoms with E-state index in [1.165, 1.54) is 0 Å². The molecule has 0 bridgehead atoms. The number of anilines is 1. The first kappa shape index (κ1) is 15.4. The molecule has 0 unspecified atom stereocenters. The van der Waals surface area contributed by atoms with Gasteiger partial charge in [-0.1, -0.05) is 11.6 Å². The van der Waals surface area contributed by atoms with Crippen LogP contribution in [0.15, 0.2) is 10.5 Å². The SMILES string of the molecule is CCN(c1nc(F)nc2c(C)c(Br)c(Cl)cc12)C(C)C. The Morgan fingerprint density at radius 3 is 2.60 bits per heavy atom. The molecule has 2 aromatic rings. The molecule has 6 heteroatoms. The van der Waals surface area contributed by atoms with Crippen LogP contribution in [0.25, 0.3) is 10.9 Å². The maximum atomic E-state index is 13.8. The molecule has 0 saturated carbocycles. The van der Waals surface area contributed by atoms with Gasteiger partial charge in [-0.05, 0) is 55.3 Å². The van der Waals surface area contributed by atoms with Crippen LogP contribution in [0.4, 0.5) is 10.2 Å². The summed E-state index contributed by atoms with van der Waals surface area (Å²) in [6.07, 6.45) is -0.719. The average Bonchev–Trinajstić information content (AvgIpc) is 2.38. The molecule has 1 aromatic heterocycles. The van der Waals surface area contributed by atoms with E-state index in [-0.39, 0.29) is 6.04 Å². The maximum Gasteiger partial charge on any atom is 0.311 e. The Balaban J connectivity index is 2.84. The minimum atomic E-state index is -0.719. The highest BCUT2D eigenvalue weighted by molar-refractivity contribution is 9.10. The van der Waals surface area contributed by atoms with Crippen molar-refractivity contribution in [1.82, 2.24) is 9.97 Å². The molecule has 2 rings (SSSR count). The molecule has 3 nitrogen and oxygen atoms in total. The lowest BCUT2D eigenvalue weighted by Gasteiger charge is -2.27. The van der Waals surface area contributed by atoms with E-state index in [0.29, 0.717) is 16.4 Å². The second kappa shape index (κ2) is 5.82. The van der Waals surface area contributed by atoms with Crippen molar-refractivity contribution in [2.75, 3.05) is 11.4 Å². The summed E-state index contributed by atoms with van der Waals surface area (Å²) in [5.74, 6) is 0.586. The smallest absolute Gasteiger partial charge is 0.311 e. The molecule has 0 aliphatic rings. The van der Waals surface area contributed by atoms with Crippen molar-refractivity contribution < 1.29 is 4.39 Å². The van der Waals surface area contributed by atoms with Gasteiger partial charge in [0.25, 0.3) is 0 Å². The number of aromatic nitrogens is 2. The van der Waals surface area contributed by atoms with Crippen molar-refractivity contribution in [2.24, 2.45) is 0 Å². The van der Waals surface area contributed by atoms with Gasteiger partial charge in [0.15, 0.2) is 0 Å². The molecular formula is C14H16BrClFN3. The number of benzene rings is 1. The standard InChI is InChI=1S/C14H16BrClFN3/c1-5-20(7(2)3)13-9-6-10(16)11(15)8(4)12(9)18-14(17)19-13/h6-7H,5H2,1-4H3. The third kappa shape index (κ3) is 2.61. The van der Waals surface area contributed by atoms with Crippen LogP contribution < -0.4 is 4.90 Å². The van der Waals surface area contributed by atoms with Gasteiger partial charge in [-0.3, -0.25) is 0 Å². The molecule has 0 radical (unpaired) electrons. The molecule has 0 aliphatic heterocycles. The molecule has 0 aliphatic carbocycles. The Bertz CT molecular complexity index is 661. The summed E-state index contributed by atoms with van der Waals surface area (Å²) >= 11 is 9.62. The van der Waals surface area contributed by atoms with E-state index in [0.717, 1.165) is 22.0 Å². The molecule has 0 fully saturated rings. The fourth-order valence-electron chi connectivity index (χ4n) is 2.30. The van der Waals surface area contributed by atoms with Crippen molar-refractivity contribution in [1.29, 1.82) is 0 Å². The Kier molecular flexibility index (Phi) is 4.49. The largest absolute Gasteiger partial charge is 0.354 e. The van der Waals surface area contributed by atoms with Crippen molar-refractivity contribution in [2.45, 2.75) is 33.7 Å². The Morgan fingerprint density at radius 2 is 2.05 bits per heavy atom. The molecule has 1 aromatic carbocycles. The lowest BCUT2D eigenvalue weighted by molar-refractivity contribution is 0.540. The fourth-order valence-corrected chi connectivity index (χ4v) is 2.85. The van der Waals surface area contributed by atoms with E-state index in [4.69, 9.17) is 11.6 Å². The number of nitrogens with zero attached hydrogens (tertiary/aromatic N) is 3. The summed E-state index contributed by atoms with van der Waals surface area (Å²) in [5, 5.41) is 1.35. The van der Waals surface area contributed by atoms with Gasteiger partial charge in [0.1, 0.15) is 5.82 Å². The molecule has 1 heterocycles. The summed E-state index contributed by atoms with van der Waals surface area (Å²) < 4.78 is 14.5. The zero-order valence-electron chi connectivity index (χ0n) is 11.8. The second-order valence-electron chi connectivity index (χ2n) is 4.89. The van der Waals surface area contributed by atoms with Crippen LogP contribution in [0.3, 0.4) is 0 Å². The van der Waals surface area contributed by atoms with Gasteiger partial charge >= 0.3 is 6.08 Å². The molecule has 0 amide bonds. The van der Waals surface area contributed by atoms with Crippen LogP contribution in [0.5, 0.6) is 0 Å². The van der Waals surface area contributed by atoms with Crippen LogP contribution in [0.1, 0.15) is 26.3 Å². The van der Waals surface area contributed by atoms with E-state index < -0.39 is 6.08 Å². The Labute approximate surface area is 131 Å². The Hall–Kier alpha value is -0.940. The van der Waals surface area contributed by atoms with Crippen LogP contribution >= 0.6 is 27.5 Å². The van der Waals surface area contributed by atoms with Gasteiger partial charge in [-0.2, -0.15) is 9.37 Å². The van der Waals surface area contributed by atoms with Crippen LogP contribution in [-0.2, 0) is 0 Å². The third-order valence-electron chi connectivity index (χ3n) is 3.30. The Morgan fingerprint density at radius 1 is 1.40 bits per heavy atom. The number of hydrogen-bond acceptors (Lipinski definition) is 3. The van der Waals surface area contributed by atoms with Gasteiger partial charge in [0, 0.05) is 22.4 Å². The van der Waals surface area contributed by atoms with Gasteiger partial charge in [0.2, 0.25) is 0 Å². The van der Waals surface area contributed by atoms with E-state index in [1.54, 1.807) is 6.07 Å². The lowest BCUT2D eigenvalue weighted by Crippen LogP contribution is -2.31. The van der Waals surface area contributed by atoms with Gasteiger partial charge in [0.05, 0.1) is 10.5 Å². The summed E-state index contributed by atoms with van der Waals surface area (Å²) in [6.45, 7) is 8.70. The van der Waals surface area contributed by atoms with Crippen molar-refractivity contribution in [3.8, 4) is 0 Å². The van der Waals surface area contributed by atoms with E-state index in [1.807, 2.05) is 32.6 Å². The number of halogens is 3. The number of aryl methyl sites for hydroxylation is 1. The van der Waals surface area contributed by atoms with E-state index in [2.05, 4.69) is 25.9 Å². The first-order valence-electron chi connectivity index (χ1n) is 6.45. The zero-order valence-corrected chi connectivity index (χ0v) is 14.2. The molecule has 0 spiro atoms. The van der Waals surface area contributed by atoms with Crippen LogP contribution in [0.2, 0.25) is 5.02 Å². The minimum absolute atomic E-state index is 0.209. The molecule has 0 atom stereocenters. The van der Waals surface area contributed by atoms with Crippen molar-refractivity contribution in [3.05, 3.63) is 27.2 Å². The van der Waals surface area contributed by atoms with Gasteiger partial charge in [-0.25, -0.2) is 4.98 Å². The molecule has 108 valence electrons. The van der Waals surface area contributed by atoms with Gasteiger partial charge < -0.3 is 4.90 Å². The number of hydrogen-bond donors (Lipinski definition) is 0. The summed E-state index contributed by atoms with van der Waals surface area (Å²) in [5.41, 5.74) is 1.40. The monoisotopic (exact) mass is 359 g/mol. The minimum Gasteiger partial charge on any atom is -0.354 e. The summed E-state index contributed by atoms with van der Waals surface area (Å²) in [6, 6.07) is 1.99. The predicted molar refractivity (Wildman–Crippen MR) is 85.1 cm³/mol. The van der Waals surface area contributed by atoms with Crippen LogP contribution in [0, 0.1) is 13.0 Å². The van der Waals surface area contributed by atoms with E-state index >= 15 is 0 Å². The lowest BCUT2D eigenvalue weighted by atomic mass is 10.1. The quantitative estimate of drug-likeness (QED) is 0.741. The fraction of sp³-hybridized carbons (Fsp3) is 0.429. The second-order valence-corrected chi connectivity index (χ2v) is 6.09. The highest BCUT2D eigenvalue weighted by Crippen LogP contribution is 2.35. The summed E-state index contributed by atoms with van der Waals surface area (Å²) in [7, 11) is 0. The maximum absolute atomic E-state index is 13.8. The number of fused-ring (bicyclic) bond motifs is 1. The first-order chi connectivity index (χ1) is 9.36. The van der Waals surface area contributed by atoms with Crippen molar-refractivity contribution in [3.63, 3.8) is 0 Å². The number of rotatable bonds is 3. The highest BCUT2D eigenvalue weighted by atomic mass is 79.9. The molecule has 0 N–H and O–H groups in total. The summed E-state index contributed by atoms with van der Waals surface area (Å²) in [4.78, 5) is 9.93. The molecular weight excluding hydrogens is 345 g/mol. The molecule has 0 saturated heterocycles. The normalized spacial score (nSPS) is 11.4. The molecule has 20 heavy (non-hydrogen) atoms. The zero-order chi connectivity index (χ0) is 15.0. The van der Waals surface area contributed by atoms with Crippen LogP contribution in [-0.4, -0.2) is 22.6 Å². The first-order valence-corrected chi connectivity index (χ1v) is 7.62. The average molecular weight is 361 g/mol.